The van der Waals surface area contributed by atoms with E-state index >= 15 is 0 Å². The van der Waals surface area contributed by atoms with Gasteiger partial charge in [-0.3, -0.25) is 4.79 Å². The van der Waals surface area contributed by atoms with Crippen molar-refractivity contribution in [3.63, 3.8) is 0 Å². The minimum atomic E-state index is 0.280. The Kier molecular flexibility index (Phi) is 5.12. The van der Waals surface area contributed by atoms with E-state index in [-0.39, 0.29) is 5.91 Å². The van der Waals surface area contributed by atoms with Gasteiger partial charge in [-0.15, -0.1) is 0 Å². The second kappa shape index (κ2) is 6.84. The summed E-state index contributed by atoms with van der Waals surface area (Å²) >= 11 is 5.94. The lowest BCUT2D eigenvalue weighted by atomic mass is 10.2. The number of hydrogen-bond donors (Lipinski definition) is 1. The predicted molar refractivity (Wildman–Crippen MR) is 84.2 cm³/mol. The second-order valence-electron chi connectivity index (χ2n) is 5.18. The molecule has 2 N–H and O–H groups in total. The molecule has 0 aromatic heterocycles. The summed E-state index contributed by atoms with van der Waals surface area (Å²) < 4.78 is 0. The third kappa shape index (κ3) is 3.57. The minimum Gasteiger partial charge on any atom is -0.397 e. The molecule has 1 aromatic carbocycles. The van der Waals surface area contributed by atoms with Crippen molar-refractivity contribution in [1.29, 1.82) is 0 Å². The number of benzene rings is 1. The van der Waals surface area contributed by atoms with Crippen LogP contribution in [0, 0.1) is 0 Å². The van der Waals surface area contributed by atoms with Crippen LogP contribution in [0.3, 0.4) is 0 Å². The zero-order chi connectivity index (χ0) is 14.5. The Labute approximate surface area is 125 Å². The summed E-state index contributed by atoms with van der Waals surface area (Å²) in [6.45, 7) is 5.37. The summed E-state index contributed by atoms with van der Waals surface area (Å²) in [5, 5.41) is 0.585. The molecule has 110 valence electrons. The van der Waals surface area contributed by atoms with Crippen LogP contribution in [0.4, 0.5) is 11.4 Å². The zero-order valence-electron chi connectivity index (χ0n) is 11.9. The Bertz CT molecular complexity index is 470. The summed E-state index contributed by atoms with van der Waals surface area (Å²) in [4.78, 5) is 16.2. The SMILES string of the molecule is CCCCC(=O)N1CCN(c2ccc(Cl)c(N)c2)CC1. The zero-order valence-corrected chi connectivity index (χ0v) is 12.7. The molecule has 0 atom stereocenters. The average Bonchev–Trinajstić information content (AvgIpc) is 2.48. The van der Waals surface area contributed by atoms with E-state index in [1.807, 2.05) is 23.1 Å². The highest BCUT2D eigenvalue weighted by Gasteiger charge is 2.20. The summed E-state index contributed by atoms with van der Waals surface area (Å²) in [6.07, 6.45) is 2.72. The van der Waals surface area contributed by atoms with E-state index in [0.29, 0.717) is 17.1 Å². The molecule has 0 radical (unpaired) electrons. The molecule has 1 amide bonds. The number of carbonyl (C=O) groups excluding carboxylic acids is 1. The van der Waals surface area contributed by atoms with Gasteiger partial charge in [0.2, 0.25) is 5.91 Å². The fourth-order valence-corrected chi connectivity index (χ4v) is 2.55. The number of unbranched alkanes of at least 4 members (excludes halogenated alkanes) is 1. The molecule has 0 saturated carbocycles. The maximum atomic E-state index is 12.0. The quantitative estimate of drug-likeness (QED) is 0.869. The van der Waals surface area contributed by atoms with Gasteiger partial charge in [0.05, 0.1) is 10.7 Å². The fraction of sp³-hybridized carbons (Fsp3) is 0.533. The summed E-state index contributed by atoms with van der Waals surface area (Å²) in [6, 6.07) is 5.70. The fourth-order valence-electron chi connectivity index (χ4n) is 2.43. The molecule has 1 aliphatic heterocycles. The first kappa shape index (κ1) is 15.0. The molecule has 5 heteroatoms. The van der Waals surface area contributed by atoms with Crippen molar-refractivity contribution < 1.29 is 4.79 Å². The lowest BCUT2D eigenvalue weighted by Gasteiger charge is -2.36. The van der Waals surface area contributed by atoms with Crippen LogP contribution in [0.25, 0.3) is 0 Å². The molecule has 0 unspecified atom stereocenters. The first-order chi connectivity index (χ1) is 9.61. The van der Waals surface area contributed by atoms with Crippen LogP contribution >= 0.6 is 11.6 Å². The third-order valence-corrected chi connectivity index (χ3v) is 4.07. The van der Waals surface area contributed by atoms with Crippen LogP contribution in [0.1, 0.15) is 26.2 Å². The number of piperazine rings is 1. The standard InChI is InChI=1S/C15H22ClN3O/c1-2-3-4-15(20)19-9-7-18(8-10-19)12-5-6-13(16)14(17)11-12/h5-6,11H,2-4,7-10,17H2,1H3. The third-order valence-electron chi connectivity index (χ3n) is 3.72. The maximum Gasteiger partial charge on any atom is 0.222 e. The molecule has 20 heavy (non-hydrogen) atoms. The van der Waals surface area contributed by atoms with E-state index in [0.717, 1.165) is 44.7 Å². The van der Waals surface area contributed by atoms with Crippen LogP contribution in [0.2, 0.25) is 5.02 Å². The van der Waals surface area contributed by atoms with Gasteiger partial charge in [-0.05, 0) is 24.6 Å². The number of nitrogen functional groups attached to an aromatic ring is 1. The van der Waals surface area contributed by atoms with E-state index < -0.39 is 0 Å². The van der Waals surface area contributed by atoms with Crippen molar-refractivity contribution >= 4 is 28.9 Å². The smallest absolute Gasteiger partial charge is 0.222 e. The molecule has 1 aromatic rings. The van der Waals surface area contributed by atoms with Crippen LogP contribution in [-0.4, -0.2) is 37.0 Å². The molecule has 1 heterocycles. The number of nitrogens with two attached hydrogens (primary N) is 1. The number of nitrogens with zero attached hydrogens (tertiary/aromatic N) is 2. The Morgan fingerprint density at radius 3 is 2.60 bits per heavy atom. The number of amides is 1. The van der Waals surface area contributed by atoms with Crippen molar-refractivity contribution in [2.75, 3.05) is 36.8 Å². The van der Waals surface area contributed by atoms with E-state index in [1.54, 1.807) is 0 Å². The van der Waals surface area contributed by atoms with Gasteiger partial charge in [0.15, 0.2) is 0 Å². The summed E-state index contributed by atoms with van der Waals surface area (Å²) in [5.41, 5.74) is 7.51. The van der Waals surface area contributed by atoms with Crippen LogP contribution in [-0.2, 0) is 4.79 Å². The number of carbonyl (C=O) groups is 1. The topological polar surface area (TPSA) is 49.6 Å². The Hall–Kier alpha value is -1.42. The molecule has 0 spiro atoms. The van der Waals surface area contributed by atoms with Gasteiger partial charge in [0.1, 0.15) is 0 Å². The van der Waals surface area contributed by atoms with Crippen molar-refractivity contribution in [2.24, 2.45) is 0 Å². The summed E-state index contributed by atoms with van der Waals surface area (Å²) in [7, 11) is 0. The summed E-state index contributed by atoms with van der Waals surface area (Å²) in [5.74, 6) is 0.280. The predicted octanol–water partition coefficient (Wildman–Crippen LogP) is 2.76. The van der Waals surface area contributed by atoms with E-state index in [2.05, 4.69) is 11.8 Å². The lowest BCUT2D eigenvalue weighted by Crippen LogP contribution is -2.48. The molecule has 0 bridgehead atoms. The van der Waals surface area contributed by atoms with Crippen LogP contribution in [0.5, 0.6) is 0 Å². The molecule has 0 aliphatic carbocycles. The van der Waals surface area contributed by atoms with E-state index in [4.69, 9.17) is 17.3 Å². The first-order valence-corrected chi connectivity index (χ1v) is 7.57. The maximum absolute atomic E-state index is 12.0. The van der Waals surface area contributed by atoms with Crippen LogP contribution < -0.4 is 10.6 Å². The van der Waals surface area contributed by atoms with Crippen molar-refractivity contribution in [3.05, 3.63) is 23.2 Å². The molecular formula is C15H22ClN3O. The minimum absolute atomic E-state index is 0.280. The number of hydrogen-bond acceptors (Lipinski definition) is 3. The van der Waals surface area contributed by atoms with Gasteiger partial charge < -0.3 is 15.5 Å². The number of halogens is 1. The van der Waals surface area contributed by atoms with Gasteiger partial charge >= 0.3 is 0 Å². The molecule has 4 nitrogen and oxygen atoms in total. The molecule has 1 saturated heterocycles. The van der Waals surface area contributed by atoms with Crippen LogP contribution in [0.15, 0.2) is 18.2 Å². The number of anilines is 2. The van der Waals surface area contributed by atoms with Gasteiger partial charge in [-0.1, -0.05) is 24.9 Å². The first-order valence-electron chi connectivity index (χ1n) is 7.19. The normalized spacial score (nSPS) is 15.5. The van der Waals surface area contributed by atoms with Gasteiger partial charge in [0, 0.05) is 38.3 Å². The molecule has 1 fully saturated rings. The van der Waals surface area contributed by atoms with Gasteiger partial charge in [0.25, 0.3) is 0 Å². The average molecular weight is 296 g/mol. The van der Waals surface area contributed by atoms with Crippen molar-refractivity contribution in [1.82, 2.24) is 4.90 Å². The van der Waals surface area contributed by atoms with E-state index in [1.165, 1.54) is 0 Å². The monoisotopic (exact) mass is 295 g/mol. The Morgan fingerprint density at radius 2 is 2.00 bits per heavy atom. The lowest BCUT2D eigenvalue weighted by molar-refractivity contribution is -0.131. The number of rotatable bonds is 4. The van der Waals surface area contributed by atoms with Crippen molar-refractivity contribution in [2.45, 2.75) is 26.2 Å². The molecule has 2 rings (SSSR count). The molecular weight excluding hydrogens is 274 g/mol. The van der Waals surface area contributed by atoms with Gasteiger partial charge in [-0.2, -0.15) is 0 Å². The van der Waals surface area contributed by atoms with Gasteiger partial charge in [-0.25, -0.2) is 0 Å². The highest BCUT2D eigenvalue weighted by Crippen LogP contribution is 2.25. The molecule has 1 aliphatic rings. The highest BCUT2D eigenvalue weighted by atomic mass is 35.5. The second-order valence-corrected chi connectivity index (χ2v) is 5.58. The van der Waals surface area contributed by atoms with Crippen molar-refractivity contribution in [3.8, 4) is 0 Å². The highest BCUT2D eigenvalue weighted by molar-refractivity contribution is 6.33. The Balaban J connectivity index is 1.90. The Morgan fingerprint density at radius 1 is 1.30 bits per heavy atom. The van der Waals surface area contributed by atoms with E-state index in [9.17, 15) is 4.79 Å². The largest absolute Gasteiger partial charge is 0.397 e.